The molecule has 3 N–H and O–H groups in total. The van der Waals surface area contributed by atoms with E-state index < -0.39 is 0 Å². The first kappa shape index (κ1) is 11.8. The van der Waals surface area contributed by atoms with E-state index in [-0.39, 0.29) is 18.3 Å². The summed E-state index contributed by atoms with van der Waals surface area (Å²) in [5.74, 6) is -0.112. The molecule has 2 rings (SSSR count). The molecule has 0 spiro atoms. The summed E-state index contributed by atoms with van der Waals surface area (Å²) in [4.78, 5) is 26.1. The fourth-order valence-corrected chi connectivity index (χ4v) is 1.91. The Labute approximate surface area is 101 Å². The van der Waals surface area contributed by atoms with Crippen molar-refractivity contribution in [1.82, 2.24) is 19.9 Å². The maximum atomic E-state index is 11.1. The van der Waals surface area contributed by atoms with Crippen LogP contribution >= 0.6 is 11.8 Å². The lowest BCUT2D eigenvalue weighted by Crippen LogP contribution is -2.10. The average Bonchev–Trinajstić information content (AvgIpc) is 2.78. The van der Waals surface area contributed by atoms with Gasteiger partial charge in [0.2, 0.25) is 0 Å². The highest BCUT2D eigenvalue weighted by Crippen LogP contribution is 2.21. The minimum absolute atomic E-state index is 0.198. The first-order valence-electron chi connectivity index (χ1n) is 4.94. The van der Waals surface area contributed by atoms with E-state index in [0.717, 1.165) is 5.52 Å². The van der Waals surface area contributed by atoms with Crippen LogP contribution in [0.4, 0.5) is 0 Å². The highest BCUT2D eigenvalue weighted by atomic mass is 32.2. The molecule has 90 valence electrons. The Morgan fingerprint density at radius 1 is 1.47 bits per heavy atom. The number of carbonyl (C=O) groups excluding carboxylic acids is 1. The van der Waals surface area contributed by atoms with Crippen LogP contribution in [0.3, 0.4) is 0 Å². The van der Waals surface area contributed by atoms with Crippen LogP contribution in [0, 0.1) is 0 Å². The predicted molar refractivity (Wildman–Crippen MR) is 62.2 cm³/mol. The van der Waals surface area contributed by atoms with Crippen LogP contribution in [-0.2, 0) is 9.53 Å². The summed E-state index contributed by atoms with van der Waals surface area (Å²) in [5, 5.41) is 0.702. The van der Waals surface area contributed by atoms with Gasteiger partial charge in [-0.05, 0) is 0 Å². The summed E-state index contributed by atoms with van der Waals surface area (Å²) in [6.45, 7) is 0.293. The number of thioether (sulfide) groups is 1. The van der Waals surface area contributed by atoms with Crippen LogP contribution in [0.15, 0.2) is 17.7 Å². The molecule has 0 aliphatic carbocycles. The maximum Gasteiger partial charge on any atom is 0.307 e. The molecule has 8 heteroatoms. The predicted octanol–water partition coefficient (Wildman–Crippen LogP) is 0.294. The van der Waals surface area contributed by atoms with Gasteiger partial charge < -0.3 is 15.5 Å². The van der Waals surface area contributed by atoms with Gasteiger partial charge in [0.15, 0.2) is 5.65 Å². The molecule has 0 aromatic carbocycles. The molecule has 17 heavy (non-hydrogen) atoms. The van der Waals surface area contributed by atoms with Crippen molar-refractivity contribution in [3.05, 3.63) is 12.7 Å². The maximum absolute atomic E-state index is 11.1. The van der Waals surface area contributed by atoms with E-state index in [2.05, 4.69) is 19.9 Å². The van der Waals surface area contributed by atoms with Crippen LogP contribution in [-0.4, -0.2) is 38.4 Å². The Hall–Kier alpha value is -1.67. The van der Waals surface area contributed by atoms with Gasteiger partial charge in [0, 0.05) is 6.54 Å². The number of fused-ring (bicyclic) bond motifs is 1. The van der Waals surface area contributed by atoms with Crippen molar-refractivity contribution in [1.29, 1.82) is 0 Å². The van der Waals surface area contributed by atoms with Crippen molar-refractivity contribution in [2.75, 3.05) is 12.5 Å². The number of hydrogen-bond acceptors (Lipinski definition) is 7. The number of carbonyl (C=O) groups is 1. The molecule has 2 aromatic heterocycles. The first-order valence-corrected chi connectivity index (χ1v) is 5.92. The smallest absolute Gasteiger partial charge is 0.307 e. The Morgan fingerprint density at radius 3 is 3.18 bits per heavy atom. The molecule has 0 saturated carbocycles. The zero-order chi connectivity index (χ0) is 12.1. The topological polar surface area (TPSA) is 107 Å². The minimum atomic E-state index is -0.310. The van der Waals surface area contributed by atoms with Gasteiger partial charge >= 0.3 is 5.97 Å². The third-order valence-corrected chi connectivity index (χ3v) is 2.77. The van der Waals surface area contributed by atoms with Crippen LogP contribution in [0.2, 0.25) is 0 Å². The standard InChI is InChI=1S/C9H11N5O2S/c10-2-1-6(15)16-5-17-9-7-8(12-3-11-7)13-4-14-9/h3-4H,1-2,5,10H2,(H,11,12,13,14). The number of imidazole rings is 1. The molecule has 0 aliphatic heterocycles. The third kappa shape index (κ3) is 2.92. The lowest BCUT2D eigenvalue weighted by molar-refractivity contribution is -0.141. The van der Waals surface area contributed by atoms with E-state index in [4.69, 9.17) is 10.5 Å². The highest BCUT2D eigenvalue weighted by molar-refractivity contribution is 7.99. The SMILES string of the molecule is NCCC(=O)OCSc1ncnc2nc[nH]c12. The third-order valence-electron chi connectivity index (χ3n) is 1.95. The molecule has 0 aliphatic rings. The number of hydrogen-bond donors (Lipinski definition) is 2. The molecule has 7 nitrogen and oxygen atoms in total. The molecule has 0 atom stereocenters. The van der Waals surface area contributed by atoms with Crippen LogP contribution in [0.1, 0.15) is 6.42 Å². The van der Waals surface area contributed by atoms with Gasteiger partial charge in [0.25, 0.3) is 0 Å². The second-order valence-electron chi connectivity index (χ2n) is 3.10. The summed E-state index contributed by atoms with van der Waals surface area (Å²) in [7, 11) is 0. The monoisotopic (exact) mass is 253 g/mol. The zero-order valence-corrected chi connectivity index (χ0v) is 9.74. The summed E-state index contributed by atoms with van der Waals surface area (Å²) in [6.07, 6.45) is 3.20. The molecule has 0 bridgehead atoms. The van der Waals surface area contributed by atoms with Gasteiger partial charge in [-0.2, -0.15) is 0 Å². The van der Waals surface area contributed by atoms with Crippen molar-refractivity contribution >= 4 is 28.9 Å². The van der Waals surface area contributed by atoms with Crippen molar-refractivity contribution in [3.63, 3.8) is 0 Å². The molecule has 2 heterocycles. The van der Waals surface area contributed by atoms with Crippen LogP contribution < -0.4 is 5.73 Å². The van der Waals surface area contributed by atoms with E-state index >= 15 is 0 Å². The van der Waals surface area contributed by atoms with Gasteiger partial charge in [0.1, 0.15) is 22.8 Å². The number of esters is 1. The largest absolute Gasteiger partial charge is 0.454 e. The number of ether oxygens (including phenoxy) is 1. The van der Waals surface area contributed by atoms with E-state index in [1.165, 1.54) is 18.1 Å². The summed E-state index contributed by atoms with van der Waals surface area (Å²) in [6, 6.07) is 0. The second kappa shape index (κ2) is 5.60. The quantitative estimate of drug-likeness (QED) is 0.341. The molecule has 0 fully saturated rings. The molecule has 0 amide bonds. The van der Waals surface area contributed by atoms with E-state index in [0.29, 0.717) is 17.2 Å². The number of nitrogens with one attached hydrogen (secondary N) is 1. The van der Waals surface area contributed by atoms with Crippen LogP contribution in [0.5, 0.6) is 0 Å². The number of nitrogens with two attached hydrogens (primary N) is 1. The van der Waals surface area contributed by atoms with Gasteiger partial charge in [-0.1, -0.05) is 11.8 Å². The number of nitrogens with zero attached hydrogens (tertiary/aromatic N) is 3. The van der Waals surface area contributed by atoms with Gasteiger partial charge in [0.05, 0.1) is 12.7 Å². The fourth-order valence-electron chi connectivity index (χ4n) is 1.19. The molecule has 2 aromatic rings. The number of H-pyrrole nitrogens is 1. The van der Waals surface area contributed by atoms with Crippen molar-refractivity contribution in [2.45, 2.75) is 11.4 Å². The lowest BCUT2D eigenvalue weighted by atomic mass is 10.4. The Bertz CT molecular complexity index is 515. The van der Waals surface area contributed by atoms with Gasteiger partial charge in [-0.3, -0.25) is 4.79 Å². The minimum Gasteiger partial charge on any atom is -0.454 e. The Morgan fingerprint density at radius 2 is 2.35 bits per heavy atom. The molecule has 0 radical (unpaired) electrons. The molecular weight excluding hydrogens is 242 g/mol. The van der Waals surface area contributed by atoms with Gasteiger partial charge in [-0.15, -0.1) is 0 Å². The Balaban J connectivity index is 1.95. The number of aromatic nitrogens is 4. The number of aromatic amines is 1. The Kier molecular flexibility index (Phi) is 3.89. The summed E-state index contributed by atoms with van der Waals surface area (Å²) in [5.41, 5.74) is 6.57. The fraction of sp³-hybridized carbons (Fsp3) is 0.333. The van der Waals surface area contributed by atoms with Gasteiger partial charge in [-0.25, -0.2) is 15.0 Å². The van der Waals surface area contributed by atoms with E-state index in [9.17, 15) is 4.79 Å². The highest BCUT2D eigenvalue weighted by Gasteiger charge is 2.07. The van der Waals surface area contributed by atoms with E-state index in [1.54, 1.807) is 6.33 Å². The second-order valence-corrected chi connectivity index (χ2v) is 4.01. The van der Waals surface area contributed by atoms with Crippen molar-refractivity contribution in [2.24, 2.45) is 5.73 Å². The van der Waals surface area contributed by atoms with Crippen molar-refractivity contribution < 1.29 is 9.53 Å². The number of rotatable bonds is 5. The summed E-state index contributed by atoms with van der Waals surface area (Å²) < 4.78 is 4.96. The molecule has 0 unspecified atom stereocenters. The normalized spacial score (nSPS) is 10.6. The van der Waals surface area contributed by atoms with E-state index in [1.807, 2.05) is 0 Å². The lowest BCUT2D eigenvalue weighted by Gasteiger charge is -2.03. The van der Waals surface area contributed by atoms with Crippen LogP contribution in [0.25, 0.3) is 11.2 Å². The molecule has 0 saturated heterocycles. The molecular formula is C9H11N5O2S. The summed E-state index contributed by atoms with van der Waals surface area (Å²) >= 11 is 1.30. The zero-order valence-electron chi connectivity index (χ0n) is 8.92. The van der Waals surface area contributed by atoms with Crippen molar-refractivity contribution in [3.8, 4) is 0 Å². The first-order chi connectivity index (χ1) is 8.31. The average molecular weight is 253 g/mol.